The molecule has 0 radical (unpaired) electrons. The van der Waals surface area contributed by atoms with E-state index in [1.54, 1.807) is 23.2 Å². The van der Waals surface area contributed by atoms with Crippen molar-refractivity contribution in [1.29, 1.82) is 0 Å². The van der Waals surface area contributed by atoms with Gasteiger partial charge in [-0.05, 0) is 12.8 Å². The third-order valence-corrected chi connectivity index (χ3v) is 2.61. The van der Waals surface area contributed by atoms with Gasteiger partial charge in [0.05, 0.1) is 0 Å². The molecule has 0 saturated carbocycles. The minimum Gasteiger partial charge on any atom is -0.382 e. The lowest BCUT2D eigenvalue weighted by atomic mass is 10.2. The van der Waals surface area contributed by atoms with Gasteiger partial charge in [0, 0.05) is 30.7 Å². The molecule has 6 nitrogen and oxygen atoms in total. The van der Waals surface area contributed by atoms with Gasteiger partial charge in [0.2, 0.25) is 5.82 Å². The number of nitrogens with two attached hydrogens (primary N) is 1. The molecule has 2 N–H and O–H groups in total. The Kier molecular flexibility index (Phi) is 3.18. The fourth-order valence-electron chi connectivity index (χ4n) is 1.71. The zero-order valence-electron chi connectivity index (χ0n) is 10.8. The largest absolute Gasteiger partial charge is 0.382 e. The summed E-state index contributed by atoms with van der Waals surface area (Å²) in [6.45, 7) is 6.61. The molecule has 6 heteroatoms. The molecule has 0 unspecified atom stereocenters. The molecule has 2 rings (SSSR count). The number of aromatic nitrogens is 4. The van der Waals surface area contributed by atoms with Crippen LogP contribution in [0.5, 0.6) is 0 Å². The molecule has 0 saturated heterocycles. The Morgan fingerprint density at radius 2 is 2.17 bits per heavy atom. The summed E-state index contributed by atoms with van der Waals surface area (Å²) in [6, 6.07) is 0. The Bertz CT molecular complexity index is 592. The number of hydrogen-bond acceptors (Lipinski definition) is 4. The molecule has 0 aliphatic rings. The minimum atomic E-state index is -0.159. The molecule has 0 amide bonds. The van der Waals surface area contributed by atoms with Gasteiger partial charge in [0.1, 0.15) is 5.82 Å². The van der Waals surface area contributed by atoms with E-state index in [0.29, 0.717) is 18.3 Å². The van der Waals surface area contributed by atoms with Crippen molar-refractivity contribution >= 4 is 5.82 Å². The van der Waals surface area contributed by atoms with Crippen molar-refractivity contribution in [3.8, 4) is 5.82 Å². The average Bonchev–Trinajstić information content (AvgIpc) is 2.61. The summed E-state index contributed by atoms with van der Waals surface area (Å²) in [4.78, 5) is 16.3. The van der Waals surface area contributed by atoms with E-state index in [1.807, 2.05) is 6.92 Å². The lowest BCUT2D eigenvalue weighted by Gasteiger charge is -2.09. The number of aryl methyl sites for hydroxylation is 1. The third-order valence-electron chi connectivity index (χ3n) is 2.61. The van der Waals surface area contributed by atoms with Crippen LogP contribution in [0.4, 0.5) is 5.82 Å². The van der Waals surface area contributed by atoms with Gasteiger partial charge in [-0.2, -0.15) is 0 Å². The summed E-state index contributed by atoms with van der Waals surface area (Å²) in [5, 5.41) is 4.08. The Morgan fingerprint density at radius 3 is 2.72 bits per heavy atom. The molecule has 2 aromatic rings. The predicted octanol–water partition coefficient (Wildman–Crippen LogP) is 0.976. The van der Waals surface area contributed by atoms with Gasteiger partial charge < -0.3 is 10.3 Å². The highest BCUT2D eigenvalue weighted by molar-refractivity contribution is 5.38. The van der Waals surface area contributed by atoms with Crippen LogP contribution in [0.25, 0.3) is 5.82 Å². The van der Waals surface area contributed by atoms with E-state index in [0.717, 1.165) is 5.56 Å². The van der Waals surface area contributed by atoms with Crippen molar-refractivity contribution in [2.24, 2.45) is 5.92 Å². The van der Waals surface area contributed by atoms with Crippen molar-refractivity contribution in [2.45, 2.75) is 27.3 Å². The van der Waals surface area contributed by atoms with E-state index in [2.05, 4.69) is 23.9 Å². The first-order chi connectivity index (χ1) is 8.49. The molecule has 0 aliphatic heterocycles. The average molecular weight is 247 g/mol. The van der Waals surface area contributed by atoms with Crippen LogP contribution in [-0.2, 0) is 6.54 Å². The predicted molar refractivity (Wildman–Crippen MR) is 69.6 cm³/mol. The van der Waals surface area contributed by atoms with Gasteiger partial charge in [-0.3, -0.25) is 4.79 Å². The van der Waals surface area contributed by atoms with Crippen LogP contribution in [0.1, 0.15) is 19.4 Å². The highest BCUT2D eigenvalue weighted by Crippen LogP contribution is 2.08. The molecule has 0 atom stereocenters. The summed E-state index contributed by atoms with van der Waals surface area (Å²) in [5.41, 5.74) is 6.35. The first kappa shape index (κ1) is 12.3. The highest BCUT2D eigenvalue weighted by Gasteiger charge is 2.10. The van der Waals surface area contributed by atoms with E-state index in [4.69, 9.17) is 5.73 Å². The van der Waals surface area contributed by atoms with E-state index in [9.17, 15) is 4.79 Å². The fourth-order valence-corrected chi connectivity index (χ4v) is 1.71. The topological polar surface area (TPSA) is 78.7 Å². The molecule has 0 fully saturated rings. The number of rotatable bonds is 3. The smallest absolute Gasteiger partial charge is 0.295 e. The molecule has 0 spiro atoms. The number of anilines is 1. The van der Waals surface area contributed by atoms with Crippen LogP contribution < -0.4 is 11.3 Å². The Balaban J connectivity index is 2.49. The standard InChI is InChI=1S/C12H17N5O/c1-8(2)6-16-5-4-14-11(12(16)18)17-7-9(3)10(13)15-17/h4-5,7-8H,6H2,1-3H3,(H2,13,15). The Labute approximate surface area is 105 Å². The van der Waals surface area contributed by atoms with Crippen molar-refractivity contribution < 1.29 is 0 Å². The minimum absolute atomic E-state index is 0.159. The second-order valence-corrected chi connectivity index (χ2v) is 4.74. The molecule has 2 heterocycles. The van der Waals surface area contributed by atoms with Gasteiger partial charge in [0.15, 0.2) is 0 Å². The molecular formula is C12H17N5O. The summed E-state index contributed by atoms with van der Waals surface area (Å²) >= 11 is 0. The maximum Gasteiger partial charge on any atom is 0.295 e. The Morgan fingerprint density at radius 1 is 1.44 bits per heavy atom. The number of nitrogen functional groups attached to an aromatic ring is 1. The van der Waals surface area contributed by atoms with E-state index >= 15 is 0 Å². The first-order valence-corrected chi connectivity index (χ1v) is 5.86. The van der Waals surface area contributed by atoms with E-state index in [1.165, 1.54) is 4.68 Å². The first-order valence-electron chi connectivity index (χ1n) is 5.86. The summed E-state index contributed by atoms with van der Waals surface area (Å²) < 4.78 is 3.07. The van der Waals surface area contributed by atoms with Crippen molar-refractivity contribution in [2.75, 3.05) is 5.73 Å². The quantitative estimate of drug-likeness (QED) is 0.876. The summed E-state index contributed by atoms with van der Waals surface area (Å²) in [6.07, 6.45) is 5.00. The molecule has 0 bridgehead atoms. The maximum absolute atomic E-state index is 12.2. The van der Waals surface area contributed by atoms with Crippen LogP contribution in [-0.4, -0.2) is 19.3 Å². The summed E-state index contributed by atoms with van der Waals surface area (Å²) in [5.74, 6) is 1.08. The SMILES string of the molecule is Cc1cn(-c2nccn(CC(C)C)c2=O)nc1N. The van der Waals surface area contributed by atoms with Gasteiger partial charge in [-0.15, -0.1) is 5.10 Å². The third kappa shape index (κ3) is 2.27. The summed E-state index contributed by atoms with van der Waals surface area (Å²) in [7, 11) is 0. The molecule has 0 aliphatic carbocycles. The van der Waals surface area contributed by atoms with Crippen LogP contribution in [0.3, 0.4) is 0 Å². The van der Waals surface area contributed by atoms with Crippen LogP contribution in [0.15, 0.2) is 23.4 Å². The maximum atomic E-state index is 12.2. The molecule has 0 aromatic carbocycles. The van der Waals surface area contributed by atoms with Crippen molar-refractivity contribution in [3.63, 3.8) is 0 Å². The lowest BCUT2D eigenvalue weighted by Crippen LogP contribution is -2.27. The van der Waals surface area contributed by atoms with Crippen LogP contribution in [0, 0.1) is 12.8 Å². The second-order valence-electron chi connectivity index (χ2n) is 4.74. The second kappa shape index (κ2) is 4.64. The van der Waals surface area contributed by atoms with Gasteiger partial charge >= 0.3 is 0 Å². The van der Waals surface area contributed by atoms with Gasteiger partial charge in [-0.1, -0.05) is 13.8 Å². The van der Waals surface area contributed by atoms with Crippen molar-refractivity contribution in [3.05, 3.63) is 34.5 Å². The molecule has 96 valence electrons. The van der Waals surface area contributed by atoms with Crippen LogP contribution >= 0.6 is 0 Å². The zero-order valence-corrected chi connectivity index (χ0v) is 10.8. The number of hydrogen-bond donors (Lipinski definition) is 1. The normalized spacial score (nSPS) is 11.1. The monoisotopic (exact) mass is 247 g/mol. The van der Waals surface area contributed by atoms with Gasteiger partial charge in [0.25, 0.3) is 5.56 Å². The van der Waals surface area contributed by atoms with E-state index in [-0.39, 0.29) is 11.4 Å². The van der Waals surface area contributed by atoms with Gasteiger partial charge in [-0.25, -0.2) is 9.67 Å². The number of nitrogens with zero attached hydrogens (tertiary/aromatic N) is 4. The lowest BCUT2D eigenvalue weighted by molar-refractivity contribution is 0.506. The Hall–Kier alpha value is -2.11. The van der Waals surface area contributed by atoms with Crippen LogP contribution in [0.2, 0.25) is 0 Å². The molecular weight excluding hydrogens is 230 g/mol. The highest BCUT2D eigenvalue weighted by atomic mass is 16.1. The molecule has 2 aromatic heterocycles. The zero-order chi connectivity index (χ0) is 13.3. The fraction of sp³-hybridized carbons (Fsp3) is 0.417. The molecule has 18 heavy (non-hydrogen) atoms. The van der Waals surface area contributed by atoms with E-state index < -0.39 is 0 Å². The van der Waals surface area contributed by atoms with Crippen molar-refractivity contribution in [1.82, 2.24) is 19.3 Å².